The highest BCUT2D eigenvalue weighted by Gasteiger charge is 2.29. The fourth-order valence-electron chi connectivity index (χ4n) is 3.98. The van der Waals surface area contributed by atoms with E-state index in [1.807, 2.05) is 36.4 Å². The fraction of sp³-hybridized carbons (Fsp3) is 0.320. The molecular weight excluding hydrogens is 410 g/mol. The normalized spacial score (nSPS) is 16.0. The van der Waals surface area contributed by atoms with E-state index in [1.165, 1.54) is 6.07 Å². The standard InChI is InChI=1S/C25H25NO6/c1-2-30-25(29)18-9-6-12-26(15-18)23(27)16-31-19-10-11-20-21(17-7-4-3-5-8-17)14-24(28)32-22(20)13-19/h3-5,7-8,10-11,13-14,18H,2,6,9,12,15-16H2,1H3/t18-/m0/s1. The van der Waals surface area contributed by atoms with Crippen molar-refractivity contribution in [1.82, 2.24) is 4.90 Å². The summed E-state index contributed by atoms with van der Waals surface area (Å²) >= 11 is 0. The highest BCUT2D eigenvalue weighted by atomic mass is 16.5. The van der Waals surface area contributed by atoms with E-state index in [0.29, 0.717) is 31.0 Å². The van der Waals surface area contributed by atoms with Gasteiger partial charge in [-0.25, -0.2) is 4.79 Å². The van der Waals surface area contributed by atoms with Gasteiger partial charge in [-0.15, -0.1) is 0 Å². The summed E-state index contributed by atoms with van der Waals surface area (Å²) in [6.45, 7) is 2.87. The average Bonchev–Trinajstić information content (AvgIpc) is 2.82. The van der Waals surface area contributed by atoms with Crippen molar-refractivity contribution >= 4 is 22.8 Å². The summed E-state index contributed by atoms with van der Waals surface area (Å²) in [5.74, 6) is -0.319. The van der Waals surface area contributed by atoms with Gasteiger partial charge in [-0.05, 0) is 43.0 Å². The van der Waals surface area contributed by atoms with Crippen LogP contribution in [0.1, 0.15) is 19.8 Å². The molecule has 1 aromatic heterocycles. The smallest absolute Gasteiger partial charge is 0.336 e. The van der Waals surface area contributed by atoms with E-state index in [4.69, 9.17) is 13.9 Å². The van der Waals surface area contributed by atoms with Crippen LogP contribution in [0.2, 0.25) is 0 Å². The molecule has 1 saturated heterocycles. The zero-order valence-corrected chi connectivity index (χ0v) is 17.9. The minimum absolute atomic E-state index is 0.163. The van der Waals surface area contributed by atoms with Crippen LogP contribution in [-0.2, 0) is 14.3 Å². The number of carbonyl (C=O) groups is 2. The van der Waals surface area contributed by atoms with Crippen LogP contribution in [0.5, 0.6) is 5.75 Å². The molecule has 0 bridgehead atoms. The predicted molar refractivity (Wildman–Crippen MR) is 119 cm³/mol. The number of fused-ring (bicyclic) bond motifs is 1. The molecule has 2 heterocycles. The Morgan fingerprint density at radius 3 is 2.72 bits per heavy atom. The first-order chi connectivity index (χ1) is 15.5. The molecule has 1 fully saturated rings. The number of likely N-dealkylation sites (tertiary alicyclic amines) is 1. The van der Waals surface area contributed by atoms with E-state index in [2.05, 4.69) is 0 Å². The Kier molecular flexibility index (Phi) is 6.54. The quantitative estimate of drug-likeness (QED) is 0.434. The van der Waals surface area contributed by atoms with Crippen LogP contribution in [0.3, 0.4) is 0 Å². The number of esters is 1. The third-order valence-electron chi connectivity index (χ3n) is 5.56. The number of ether oxygens (including phenoxy) is 2. The Labute approximate surface area is 185 Å². The molecule has 1 aliphatic heterocycles. The lowest BCUT2D eigenvalue weighted by atomic mass is 9.98. The molecule has 0 N–H and O–H groups in total. The molecule has 0 aliphatic carbocycles. The van der Waals surface area contributed by atoms with Crippen LogP contribution < -0.4 is 10.4 Å². The van der Waals surface area contributed by atoms with E-state index in [0.717, 1.165) is 29.4 Å². The number of hydrogen-bond acceptors (Lipinski definition) is 6. The zero-order valence-electron chi connectivity index (χ0n) is 17.9. The van der Waals surface area contributed by atoms with Crippen molar-refractivity contribution in [3.63, 3.8) is 0 Å². The van der Waals surface area contributed by atoms with E-state index in [-0.39, 0.29) is 24.4 Å². The lowest BCUT2D eigenvalue weighted by Gasteiger charge is -2.31. The van der Waals surface area contributed by atoms with Gasteiger partial charge in [0.2, 0.25) is 0 Å². The molecule has 3 aromatic rings. The molecule has 166 valence electrons. The molecule has 0 unspecified atom stereocenters. The Bertz CT molecular complexity index is 1170. The van der Waals surface area contributed by atoms with Crippen molar-refractivity contribution in [2.24, 2.45) is 5.92 Å². The van der Waals surface area contributed by atoms with Crippen LogP contribution in [0.15, 0.2) is 63.8 Å². The fourth-order valence-corrected chi connectivity index (χ4v) is 3.98. The Morgan fingerprint density at radius 2 is 1.94 bits per heavy atom. The lowest BCUT2D eigenvalue weighted by Crippen LogP contribution is -2.44. The van der Waals surface area contributed by atoms with Gasteiger partial charge in [-0.3, -0.25) is 9.59 Å². The maximum absolute atomic E-state index is 12.6. The van der Waals surface area contributed by atoms with Crippen LogP contribution in [0.25, 0.3) is 22.1 Å². The van der Waals surface area contributed by atoms with Gasteiger partial charge in [0.15, 0.2) is 6.61 Å². The second-order valence-corrected chi connectivity index (χ2v) is 7.72. The largest absolute Gasteiger partial charge is 0.484 e. The Balaban J connectivity index is 1.46. The van der Waals surface area contributed by atoms with E-state index >= 15 is 0 Å². The molecule has 1 atom stereocenters. The molecule has 7 heteroatoms. The first-order valence-corrected chi connectivity index (χ1v) is 10.8. The summed E-state index contributed by atoms with van der Waals surface area (Å²) in [5.41, 5.74) is 1.62. The summed E-state index contributed by atoms with van der Waals surface area (Å²) in [6, 6.07) is 16.2. The first-order valence-electron chi connectivity index (χ1n) is 10.8. The van der Waals surface area contributed by atoms with Crippen LogP contribution >= 0.6 is 0 Å². The van der Waals surface area contributed by atoms with Gasteiger partial charge in [0.1, 0.15) is 11.3 Å². The van der Waals surface area contributed by atoms with Crippen LogP contribution in [0.4, 0.5) is 0 Å². The highest BCUT2D eigenvalue weighted by Crippen LogP contribution is 2.29. The number of hydrogen-bond donors (Lipinski definition) is 0. The van der Waals surface area contributed by atoms with Gasteiger partial charge in [-0.1, -0.05) is 30.3 Å². The molecule has 2 aromatic carbocycles. The number of amides is 1. The second-order valence-electron chi connectivity index (χ2n) is 7.72. The number of carbonyl (C=O) groups excluding carboxylic acids is 2. The highest BCUT2D eigenvalue weighted by molar-refractivity contribution is 5.93. The molecule has 4 rings (SSSR count). The second kappa shape index (κ2) is 9.68. The third kappa shape index (κ3) is 4.82. The van der Waals surface area contributed by atoms with Gasteiger partial charge in [0.25, 0.3) is 5.91 Å². The maximum Gasteiger partial charge on any atom is 0.336 e. The summed E-state index contributed by atoms with van der Waals surface area (Å²) in [5, 5.41) is 0.780. The summed E-state index contributed by atoms with van der Waals surface area (Å²) in [7, 11) is 0. The zero-order chi connectivity index (χ0) is 22.5. The van der Waals surface area contributed by atoms with E-state index in [1.54, 1.807) is 24.0 Å². The third-order valence-corrected chi connectivity index (χ3v) is 5.56. The number of nitrogens with zero attached hydrogens (tertiary/aromatic N) is 1. The average molecular weight is 435 g/mol. The number of benzene rings is 2. The van der Waals surface area contributed by atoms with Crippen molar-refractivity contribution in [3.05, 3.63) is 65.0 Å². The van der Waals surface area contributed by atoms with Crippen LogP contribution in [0, 0.1) is 5.92 Å². The molecule has 1 aliphatic rings. The summed E-state index contributed by atoms with van der Waals surface area (Å²) in [4.78, 5) is 38.4. The van der Waals surface area contributed by atoms with Gasteiger partial charge >= 0.3 is 11.6 Å². The van der Waals surface area contributed by atoms with E-state index < -0.39 is 5.63 Å². The van der Waals surface area contributed by atoms with Gasteiger partial charge < -0.3 is 18.8 Å². The van der Waals surface area contributed by atoms with Crippen molar-refractivity contribution < 1.29 is 23.5 Å². The van der Waals surface area contributed by atoms with Crippen molar-refractivity contribution in [3.8, 4) is 16.9 Å². The Morgan fingerprint density at radius 1 is 1.12 bits per heavy atom. The van der Waals surface area contributed by atoms with E-state index in [9.17, 15) is 14.4 Å². The monoisotopic (exact) mass is 435 g/mol. The Hall–Kier alpha value is -3.61. The molecule has 1 amide bonds. The first kappa shape index (κ1) is 21.6. The minimum atomic E-state index is -0.456. The lowest BCUT2D eigenvalue weighted by molar-refractivity contribution is -0.151. The topological polar surface area (TPSA) is 86.0 Å². The summed E-state index contributed by atoms with van der Waals surface area (Å²) in [6.07, 6.45) is 1.47. The van der Waals surface area contributed by atoms with Crippen molar-refractivity contribution in [2.45, 2.75) is 19.8 Å². The number of rotatable bonds is 6. The molecule has 0 saturated carbocycles. The van der Waals surface area contributed by atoms with Gasteiger partial charge in [0, 0.05) is 30.6 Å². The predicted octanol–water partition coefficient (Wildman–Crippen LogP) is 3.64. The SMILES string of the molecule is CCOC(=O)[C@H]1CCCN(C(=O)COc2ccc3c(-c4ccccc4)cc(=O)oc3c2)C1. The minimum Gasteiger partial charge on any atom is -0.484 e. The molecule has 32 heavy (non-hydrogen) atoms. The van der Waals surface area contributed by atoms with Crippen molar-refractivity contribution in [2.75, 3.05) is 26.3 Å². The molecule has 7 nitrogen and oxygen atoms in total. The summed E-state index contributed by atoms with van der Waals surface area (Å²) < 4.78 is 16.1. The van der Waals surface area contributed by atoms with Crippen molar-refractivity contribution in [1.29, 1.82) is 0 Å². The van der Waals surface area contributed by atoms with Gasteiger partial charge in [0.05, 0.1) is 12.5 Å². The molecular formula is C25H25NO6. The van der Waals surface area contributed by atoms with Gasteiger partial charge in [-0.2, -0.15) is 0 Å². The number of piperidine rings is 1. The maximum atomic E-state index is 12.6. The molecule has 0 radical (unpaired) electrons. The van der Waals surface area contributed by atoms with Crippen LogP contribution in [-0.4, -0.2) is 43.1 Å². The molecule has 0 spiro atoms.